The van der Waals surface area contributed by atoms with E-state index in [1.54, 1.807) is 6.92 Å². The van der Waals surface area contributed by atoms with Gasteiger partial charge in [-0.05, 0) is 56.3 Å². The molecule has 6 heteroatoms. The minimum Gasteiger partial charge on any atom is -0.404 e. The Bertz CT molecular complexity index is 510. The van der Waals surface area contributed by atoms with Gasteiger partial charge in [-0.3, -0.25) is 4.79 Å². The number of hydrogen-bond acceptors (Lipinski definition) is 4. The molecule has 0 aromatic rings. The van der Waals surface area contributed by atoms with Gasteiger partial charge in [0.15, 0.2) is 0 Å². The second-order valence-electron chi connectivity index (χ2n) is 9.37. The molecule has 0 aromatic heterocycles. The van der Waals surface area contributed by atoms with Crippen LogP contribution in [-0.2, 0) is 14.1 Å². The molecule has 5 nitrogen and oxygen atoms in total. The molecule has 1 heterocycles. The second kappa shape index (κ2) is 5.99. The number of hydrogen-bond donors (Lipinski definition) is 2. The fourth-order valence-corrected chi connectivity index (χ4v) is 5.13. The number of nitrogens with two attached hydrogens (primary N) is 1. The van der Waals surface area contributed by atoms with E-state index in [1.165, 1.54) is 6.42 Å². The van der Waals surface area contributed by atoms with Crippen molar-refractivity contribution in [1.29, 1.82) is 0 Å². The minimum absolute atomic E-state index is 0.140. The first-order chi connectivity index (χ1) is 11.1. The summed E-state index contributed by atoms with van der Waals surface area (Å²) in [5.74, 6) is 1.41. The van der Waals surface area contributed by atoms with E-state index in [9.17, 15) is 4.79 Å². The van der Waals surface area contributed by atoms with Gasteiger partial charge in [0.25, 0.3) is 0 Å². The lowest BCUT2D eigenvalue weighted by Gasteiger charge is -2.64. The second-order valence-corrected chi connectivity index (χ2v) is 9.37. The minimum atomic E-state index is -0.523. The van der Waals surface area contributed by atoms with E-state index in [0.29, 0.717) is 17.3 Å². The normalized spacial score (nSPS) is 39.2. The van der Waals surface area contributed by atoms with Crippen LogP contribution in [0.3, 0.4) is 0 Å². The van der Waals surface area contributed by atoms with Gasteiger partial charge in [0, 0.05) is 0 Å². The van der Waals surface area contributed by atoms with E-state index >= 15 is 0 Å². The van der Waals surface area contributed by atoms with Crippen LogP contribution in [0, 0.1) is 23.2 Å². The summed E-state index contributed by atoms with van der Waals surface area (Å²) in [7, 11) is -0.375. The molecule has 3 aliphatic carbocycles. The van der Waals surface area contributed by atoms with Gasteiger partial charge in [0.1, 0.15) is 0 Å². The molecule has 136 valence electrons. The van der Waals surface area contributed by atoms with Gasteiger partial charge in [0.2, 0.25) is 5.91 Å². The Labute approximate surface area is 146 Å². The standard InChI is InChI=1S/C18H33BN2O3/c1-10(2)7-15(21-16(22)11(3)20)19-23-14-9-12-8-13(17(12,4)5)18(14,6)24-19/h10-15H,7-9,20H2,1-6H3,(H,21,22)/t11-,12-,13-,14+,15-,18-/m0/s1. The van der Waals surface area contributed by atoms with Crippen LogP contribution in [0.4, 0.5) is 0 Å². The van der Waals surface area contributed by atoms with Gasteiger partial charge in [-0.1, -0.05) is 27.7 Å². The quantitative estimate of drug-likeness (QED) is 0.755. The highest BCUT2D eigenvalue weighted by Crippen LogP contribution is 2.65. The van der Waals surface area contributed by atoms with Crippen LogP contribution in [0.1, 0.15) is 60.8 Å². The number of carbonyl (C=O) groups excluding carboxylic acids is 1. The monoisotopic (exact) mass is 336 g/mol. The number of rotatable bonds is 5. The molecule has 3 N–H and O–H groups in total. The highest BCUT2D eigenvalue weighted by molar-refractivity contribution is 6.47. The lowest BCUT2D eigenvalue weighted by molar-refractivity contribution is -0.199. The molecule has 4 rings (SSSR count). The maximum atomic E-state index is 12.1. The third-order valence-electron chi connectivity index (χ3n) is 6.76. The SMILES string of the molecule is CC(C)C[C@H](NC(=O)[C@H](C)N)B1O[C@@H]2C[C@@H]3C[C@@H](C3(C)C)[C@]2(C)O1. The van der Waals surface area contributed by atoms with Crippen LogP contribution in [-0.4, -0.2) is 36.7 Å². The fourth-order valence-electron chi connectivity index (χ4n) is 5.13. The maximum absolute atomic E-state index is 12.1. The molecule has 0 unspecified atom stereocenters. The van der Waals surface area contributed by atoms with Crippen LogP contribution in [0.5, 0.6) is 0 Å². The summed E-state index contributed by atoms with van der Waals surface area (Å²) in [5.41, 5.74) is 5.81. The van der Waals surface area contributed by atoms with Crippen molar-refractivity contribution in [1.82, 2.24) is 5.32 Å². The van der Waals surface area contributed by atoms with E-state index in [2.05, 4.69) is 39.9 Å². The first kappa shape index (κ1) is 18.2. The van der Waals surface area contributed by atoms with Crippen molar-refractivity contribution in [3.63, 3.8) is 0 Å². The van der Waals surface area contributed by atoms with Crippen LogP contribution < -0.4 is 11.1 Å². The van der Waals surface area contributed by atoms with Crippen LogP contribution in [0.15, 0.2) is 0 Å². The zero-order valence-corrected chi connectivity index (χ0v) is 16.0. The predicted molar refractivity (Wildman–Crippen MR) is 95.1 cm³/mol. The van der Waals surface area contributed by atoms with Gasteiger partial charge in [-0.2, -0.15) is 0 Å². The fraction of sp³-hybridized carbons (Fsp3) is 0.944. The molecule has 4 fully saturated rings. The Balaban J connectivity index is 1.75. The average Bonchev–Trinajstić information content (AvgIpc) is 2.82. The highest BCUT2D eigenvalue weighted by Gasteiger charge is 2.68. The molecule has 3 saturated carbocycles. The van der Waals surface area contributed by atoms with Crippen molar-refractivity contribution >= 4 is 13.0 Å². The molecule has 6 atom stereocenters. The molecule has 0 aromatic carbocycles. The van der Waals surface area contributed by atoms with E-state index in [4.69, 9.17) is 15.0 Å². The molecule has 1 aliphatic heterocycles. The molecule has 1 saturated heterocycles. The molecular formula is C18H33BN2O3. The largest absolute Gasteiger partial charge is 0.481 e. The van der Waals surface area contributed by atoms with Crippen molar-refractivity contribution in [3.8, 4) is 0 Å². The molecule has 24 heavy (non-hydrogen) atoms. The molecule has 2 bridgehead atoms. The topological polar surface area (TPSA) is 73.6 Å². The van der Waals surface area contributed by atoms with Crippen molar-refractivity contribution in [2.75, 3.05) is 0 Å². The predicted octanol–water partition coefficient (Wildman–Crippen LogP) is 2.13. The van der Waals surface area contributed by atoms with Gasteiger partial charge in [0.05, 0.1) is 23.7 Å². The lowest BCUT2D eigenvalue weighted by atomic mass is 9.43. The molecular weight excluding hydrogens is 303 g/mol. The Morgan fingerprint density at radius 1 is 1.29 bits per heavy atom. The zero-order valence-electron chi connectivity index (χ0n) is 16.0. The van der Waals surface area contributed by atoms with Gasteiger partial charge >= 0.3 is 7.12 Å². The molecule has 4 aliphatic rings. The van der Waals surface area contributed by atoms with Crippen molar-refractivity contribution < 1.29 is 14.1 Å². The van der Waals surface area contributed by atoms with Crippen LogP contribution in [0.2, 0.25) is 0 Å². The van der Waals surface area contributed by atoms with Crippen molar-refractivity contribution in [3.05, 3.63) is 0 Å². The summed E-state index contributed by atoms with van der Waals surface area (Å²) in [6.07, 6.45) is 3.26. The van der Waals surface area contributed by atoms with Crippen LogP contribution >= 0.6 is 0 Å². The number of amides is 1. The van der Waals surface area contributed by atoms with E-state index < -0.39 is 6.04 Å². The van der Waals surface area contributed by atoms with Gasteiger partial charge < -0.3 is 20.4 Å². The van der Waals surface area contributed by atoms with Gasteiger partial charge in [-0.25, -0.2) is 0 Å². The zero-order chi connectivity index (χ0) is 17.9. The smallest absolute Gasteiger partial charge is 0.404 e. The first-order valence-electron chi connectivity index (χ1n) is 9.45. The van der Waals surface area contributed by atoms with Crippen molar-refractivity contribution in [2.45, 2.75) is 84.5 Å². The summed E-state index contributed by atoms with van der Waals surface area (Å²) < 4.78 is 12.8. The average molecular weight is 336 g/mol. The molecule has 0 radical (unpaired) electrons. The number of nitrogens with one attached hydrogen (secondary N) is 1. The number of carbonyl (C=O) groups is 1. The Morgan fingerprint density at radius 2 is 1.96 bits per heavy atom. The summed E-state index contributed by atoms with van der Waals surface area (Å²) in [4.78, 5) is 12.1. The van der Waals surface area contributed by atoms with Crippen molar-refractivity contribution in [2.24, 2.45) is 28.9 Å². The summed E-state index contributed by atoms with van der Waals surface area (Å²) in [5, 5.41) is 3.05. The molecule has 0 spiro atoms. The summed E-state index contributed by atoms with van der Waals surface area (Å²) >= 11 is 0. The lowest BCUT2D eigenvalue weighted by Crippen LogP contribution is -2.65. The highest BCUT2D eigenvalue weighted by atomic mass is 16.7. The summed E-state index contributed by atoms with van der Waals surface area (Å²) in [6, 6.07) is -0.523. The summed E-state index contributed by atoms with van der Waals surface area (Å²) in [6.45, 7) is 12.9. The third kappa shape index (κ3) is 2.80. The van der Waals surface area contributed by atoms with E-state index in [1.807, 2.05) is 0 Å². The van der Waals surface area contributed by atoms with Crippen LogP contribution in [0.25, 0.3) is 0 Å². The molecule has 1 amide bonds. The van der Waals surface area contributed by atoms with E-state index in [0.717, 1.165) is 18.8 Å². The third-order valence-corrected chi connectivity index (χ3v) is 6.76. The maximum Gasteiger partial charge on any atom is 0.481 e. The first-order valence-corrected chi connectivity index (χ1v) is 9.45. The Hall–Kier alpha value is -0.585. The van der Waals surface area contributed by atoms with Gasteiger partial charge in [-0.15, -0.1) is 0 Å². The Morgan fingerprint density at radius 3 is 2.50 bits per heavy atom. The Kier molecular flexibility index (Phi) is 4.55. The van der Waals surface area contributed by atoms with E-state index in [-0.39, 0.29) is 30.7 Å².